The molecule has 0 bridgehead atoms. The van der Waals surface area contributed by atoms with Gasteiger partial charge in [0, 0.05) is 28.7 Å². The van der Waals surface area contributed by atoms with E-state index in [0.29, 0.717) is 6.04 Å². The maximum Gasteiger partial charge on any atom is 0.0474 e. The predicted octanol–water partition coefficient (Wildman–Crippen LogP) is 5.30. The Bertz CT molecular complexity index is 662. The maximum absolute atomic E-state index is 9.74. The van der Waals surface area contributed by atoms with E-state index >= 15 is 0 Å². The van der Waals surface area contributed by atoms with Gasteiger partial charge in [0.05, 0.1) is 0 Å². The molecular weight excluding hydrogens is 386 g/mol. The molecule has 0 aliphatic carbocycles. The minimum absolute atomic E-state index is 0.147. The number of aliphatic hydroxyl groups excluding tert-OH is 1. The highest BCUT2D eigenvalue weighted by molar-refractivity contribution is 9.10. The number of nitrogens with one attached hydrogen (secondary N) is 1. The maximum atomic E-state index is 9.74. The zero-order valence-corrected chi connectivity index (χ0v) is 16.6. The zero-order chi connectivity index (χ0) is 17.5. The molecule has 2 N–H and O–H groups in total. The number of hydrogen-bond donors (Lipinski definition) is 2. The minimum atomic E-state index is 0.147. The molecule has 0 fully saturated rings. The normalized spacial score (nSPS) is 13.7. The molecule has 2 unspecified atom stereocenters. The molecule has 0 saturated carbocycles. The first-order chi connectivity index (χ1) is 11.5. The van der Waals surface area contributed by atoms with Gasteiger partial charge in [-0.3, -0.25) is 0 Å². The highest BCUT2D eigenvalue weighted by Crippen LogP contribution is 2.25. The van der Waals surface area contributed by atoms with E-state index in [9.17, 15) is 5.11 Å². The fraction of sp³-hybridized carbons (Fsp3) is 0.400. The molecule has 130 valence electrons. The Balaban J connectivity index is 2.01. The molecule has 0 spiro atoms. The van der Waals surface area contributed by atoms with Crippen molar-refractivity contribution in [2.45, 2.75) is 32.7 Å². The van der Waals surface area contributed by atoms with Crippen LogP contribution in [0.2, 0.25) is 5.02 Å². The smallest absolute Gasteiger partial charge is 0.0474 e. The van der Waals surface area contributed by atoms with Crippen LogP contribution in [0.25, 0.3) is 0 Å². The van der Waals surface area contributed by atoms with Gasteiger partial charge in [-0.15, -0.1) is 0 Å². The third kappa shape index (κ3) is 5.32. The first kappa shape index (κ1) is 19.5. The number of halogens is 2. The summed E-state index contributed by atoms with van der Waals surface area (Å²) in [6, 6.07) is 14.5. The first-order valence-corrected chi connectivity index (χ1v) is 9.56. The van der Waals surface area contributed by atoms with Crippen LogP contribution in [-0.4, -0.2) is 18.3 Å². The van der Waals surface area contributed by atoms with E-state index in [1.807, 2.05) is 24.3 Å². The molecule has 2 atom stereocenters. The average molecular weight is 411 g/mol. The lowest BCUT2D eigenvalue weighted by Gasteiger charge is -2.23. The third-order valence-electron chi connectivity index (χ3n) is 4.39. The minimum Gasteiger partial charge on any atom is -0.396 e. The van der Waals surface area contributed by atoms with E-state index in [1.54, 1.807) is 0 Å². The van der Waals surface area contributed by atoms with Crippen molar-refractivity contribution in [1.82, 2.24) is 5.32 Å². The Morgan fingerprint density at radius 1 is 1.21 bits per heavy atom. The molecule has 0 amide bonds. The number of aryl methyl sites for hydroxylation is 1. The van der Waals surface area contributed by atoms with Crippen LogP contribution in [0.4, 0.5) is 0 Å². The topological polar surface area (TPSA) is 32.3 Å². The van der Waals surface area contributed by atoms with Gasteiger partial charge in [0.25, 0.3) is 0 Å². The summed E-state index contributed by atoms with van der Waals surface area (Å²) < 4.78 is 1.10. The van der Waals surface area contributed by atoms with Gasteiger partial charge in [-0.05, 0) is 60.6 Å². The highest BCUT2D eigenvalue weighted by Gasteiger charge is 2.16. The van der Waals surface area contributed by atoms with E-state index < -0.39 is 0 Å². The van der Waals surface area contributed by atoms with E-state index in [2.05, 4.69) is 53.3 Å². The molecule has 2 rings (SSSR count). The van der Waals surface area contributed by atoms with Crippen molar-refractivity contribution in [2.75, 3.05) is 13.2 Å². The predicted molar refractivity (Wildman–Crippen MR) is 106 cm³/mol. The molecule has 2 aromatic carbocycles. The molecule has 24 heavy (non-hydrogen) atoms. The number of hydrogen-bond acceptors (Lipinski definition) is 2. The van der Waals surface area contributed by atoms with Gasteiger partial charge in [0.2, 0.25) is 0 Å². The zero-order valence-electron chi connectivity index (χ0n) is 14.2. The molecule has 2 nitrogen and oxygen atoms in total. The van der Waals surface area contributed by atoms with Crippen LogP contribution in [-0.2, 0) is 6.42 Å². The molecule has 0 aliphatic rings. The van der Waals surface area contributed by atoms with Crippen LogP contribution >= 0.6 is 27.5 Å². The summed E-state index contributed by atoms with van der Waals surface area (Å²) >= 11 is 9.76. The summed E-state index contributed by atoms with van der Waals surface area (Å²) in [5.41, 5.74) is 3.68. The molecule has 0 radical (unpaired) electrons. The molecule has 0 heterocycles. The number of benzene rings is 2. The second kappa shape index (κ2) is 9.57. The SMILES string of the molecule is CCC(NCC(CO)Cc1ccccc1Cl)c1ccc(Br)cc1C. The van der Waals surface area contributed by atoms with Crippen molar-refractivity contribution < 1.29 is 5.11 Å². The second-order valence-electron chi connectivity index (χ2n) is 6.21. The average Bonchev–Trinajstić information content (AvgIpc) is 2.57. The third-order valence-corrected chi connectivity index (χ3v) is 5.26. The van der Waals surface area contributed by atoms with Crippen molar-refractivity contribution in [3.05, 3.63) is 68.7 Å². The van der Waals surface area contributed by atoms with Crippen LogP contribution in [0.3, 0.4) is 0 Å². The summed E-state index contributed by atoms with van der Waals surface area (Å²) in [5, 5.41) is 14.1. The lowest BCUT2D eigenvalue weighted by Crippen LogP contribution is -2.30. The van der Waals surface area contributed by atoms with Crippen LogP contribution in [0.15, 0.2) is 46.9 Å². The van der Waals surface area contributed by atoms with Gasteiger partial charge in [-0.25, -0.2) is 0 Å². The largest absolute Gasteiger partial charge is 0.396 e. The van der Waals surface area contributed by atoms with Gasteiger partial charge in [-0.1, -0.05) is 58.7 Å². The second-order valence-corrected chi connectivity index (χ2v) is 7.54. The van der Waals surface area contributed by atoms with E-state index in [0.717, 1.165) is 34.4 Å². The number of rotatable bonds is 8. The van der Waals surface area contributed by atoms with Gasteiger partial charge >= 0.3 is 0 Å². The quantitative estimate of drug-likeness (QED) is 0.618. The van der Waals surface area contributed by atoms with Crippen LogP contribution in [0.1, 0.15) is 36.1 Å². The molecule has 0 saturated heterocycles. The summed E-state index contributed by atoms with van der Waals surface area (Å²) in [7, 11) is 0. The van der Waals surface area contributed by atoms with E-state index in [-0.39, 0.29) is 12.5 Å². The molecule has 4 heteroatoms. The van der Waals surface area contributed by atoms with Gasteiger partial charge in [0.15, 0.2) is 0 Å². The van der Waals surface area contributed by atoms with Gasteiger partial charge in [0.1, 0.15) is 0 Å². The van der Waals surface area contributed by atoms with Crippen molar-refractivity contribution in [1.29, 1.82) is 0 Å². The summed E-state index contributed by atoms with van der Waals surface area (Å²) in [5.74, 6) is 0.148. The number of aliphatic hydroxyl groups is 1. The Morgan fingerprint density at radius 2 is 1.96 bits per heavy atom. The fourth-order valence-corrected chi connectivity index (χ4v) is 3.68. The van der Waals surface area contributed by atoms with Crippen molar-refractivity contribution in [3.8, 4) is 0 Å². The summed E-state index contributed by atoms with van der Waals surface area (Å²) in [4.78, 5) is 0. The Kier molecular flexibility index (Phi) is 7.76. The van der Waals surface area contributed by atoms with Crippen molar-refractivity contribution in [3.63, 3.8) is 0 Å². The standard InChI is InChI=1S/C20H25BrClNO/c1-3-20(18-9-8-17(21)10-14(18)2)23-12-15(13-24)11-16-6-4-5-7-19(16)22/h4-10,15,20,23-24H,3,11-13H2,1-2H3. The Morgan fingerprint density at radius 3 is 2.58 bits per heavy atom. The summed E-state index contributed by atoms with van der Waals surface area (Å²) in [6.07, 6.45) is 1.78. The van der Waals surface area contributed by atoms with Crippen LogP contribution in [0.5, 0.6) is 0 Å². The first-order valence-electron chi connectivity index (χ1n) is 8.38. The van der Waals surface area contributed by atoms with Gasteiger partial charge in [-0.2, -0.15) is 0 Å². The van der Waals surface area contributed by atoms with Gasteiger partial charge < -0.3 is 10.4 Å². The molecule has 2 aromatic rings. The highest BCUT2D eigenvalue weighted by atomic mass is 79.9. The molecular formula is C20H25BrClNO. The lowest BCUT2D eigenvalue weighted by molar-refractivity contribution is 0.217. The lowest BCUT2D eigenvalue weighted by atomic mass is 9.96. The summed E-state index contributed by atoms with van der Waals surface area (Å²) in [6.45, 7) is 5.22. The van der Waals surface area contributed by atoms with E-state index in [4.69, 9.17) is 11.6 Å². The monoisotopic (exact) mass is 409 g/mol. The Labute approximate surface area is 158 Å². The fourth-order valence-electron chi connectivity index (χ4n) is 2.99. The molecule has 0 aromatic heterocycles. The van der Waals surface area contributed by atoms with E-state index in [1.165, 1.54) is 11.1 Å². The Hall–Kier alpha value is -0.870. The van der Waals surface area contributed by atoms with Crippen molar-refractivity contribution >= 4 is 27.5 Å². The van der Waals surface area contributed by atoms with Crippen LogP contribution in [0, 0.1) is 12.8 Å². The van der Waals surface area contributed by atoms with Crippen molar-refractivity contribution in [2.24, 2.45) is 5.92 Å². The van der Waals surface area contributed by atoms with Crippen LogP contribution < -0.4 is 5.32 Å². The molecule has 0 aliphatic heterocycles.